The molecule has 7 heteroatoms. The standard InChI is InChI=1S/C14H14ClNO4S/c1-3-20-11(17)7-16-14(18)13-12(15)9-5-4-8(19-2)6-10(9)21-13/h4-6H,3,7H2,1-2H3,(H,16,18). The second-order valence-corrected chi connectivity index (χ2v) is 5.53. The van der Waals surface area contributed by atoms with Crippen LogP contribution in [0, 0.1) is 0 Å². The molecule has 1 heterocycles. The van der Waals surface area contributed by atoms with Crippen LogP contribution in [-0.2, 0) is 9.53 Å². The van der Waals surface area contributed by atoms with Gasteiger partial charge in [-0.2, -0.15) is 0 Å². The molecule has 0 unspecified atom stereocenters. The largest absolute Gasteiger partial charge is 0.497 e. The Morgan fingerprint density at radius 2 is 2.14 bits per heavy atom. The zero-order chi connectivity index (χ0) is 15.4. The van der Waals surface area contributed by atoms with Crippen LogP contribution in [0.25, 0.3) is 10.1 Å². The van der Waals surface area contributed by atoms with E-state index in [2.05, 4.69) is 5.32 Å². The van der Waals surface area contributed by atoms with Crippen molar-refractivity contribution in [3.8, 4) is 5.75 Å². The fraction of sp³-hybridized carbons (Fsp3) is 0.286. The number of benzene rings is 1. The lowest BCUT2D eigenvalue weighted by Gasteiger charge is -2.03. The topological polar surface area (TPSA) is 64.6 Å². The average molecular weight is 328 g/mol. The number of ether oxygens (including phenoxy) is 2. The molecule has 0 aliphatic heterocycles. The van der Waals surface area contributed by atoms with E-state index in [0.717, 1.165) is 10.1 Å². The molecule has 0 aliphatic rings. The summed E-state index contributed by atoms with van der Waals surface area (Å²) in [7, 11) is 1.57. The molecule has 0 spiro atoms. The number of esters is 1. The molecule has 0 atom stereocenters. The van der Waals surface area contributed by atoms with E-state index < -0.39 is 11.9 Å². The SMILES string of the molecule is CCOC(=O)CNC(=O)c1sc2cc(OC)ccc2c1Cl. The molecule has 1 aromatic heterocycles. The van der Waals surface area contributed by atoms with Crippen molar-refractivity contribution in [2.75, 3.05) is 20.3 Å². The van der Waals surface area contributed by atoms with E-state index in [0.29, 0.717) is 15.6 Å². The van der Waals surface area contributed by atoms with Crippen molar-refractivity contribution in [3.63, 3.8) is 0 Å². The molecule has 1 N–H and O–H groups in total. The first-order valence-electron chi connectivity index (χ1n) is 6.26. The molecule has 0 saturated carbocycles. The van der Waals surface area contributed by atoms with Gasteiger partial charge < -0.3 is 14.8 Å². The fourth-order valence-corrected chi connectivity index (χ4v) is 3.23. The van der Waals surface area contributed by atoms with Gasteiger partial charge in [0.1, 0.15) is 17.2 Å². The number of fused-ring (bicyclic) bond motifs is 1. The summed E-state index contributed by atoms with van der Waals surface area (Å²) in [5, 5.41) is 3.65. The van der Waals surface area contributed by atoms with Crippen molar-refractivity contribution in [1.29, 1.82) is 0 Å². The highest BCUT2D eigenvalue weighted by Crippen LogP contribution is 2.37. The van der Waals surface area contributed by atoms with Crippen molar-refractivity contribution < 1.29 is 19.1 Å². The van der Waals surface area contributed by atoms with E-state index in [1.165, 1.54) is 11.3 Å². The third-order valence-corrected chi connectivity index (χ3v) is 4.40. The van der Waals surface area contributed by atoms with Crippen LogP contribution in [0.1, 0.15) is 16.6 Å². The third kappa shape index (κ3) is 3.46. The quantitative estimate of drug-likeness (QED) is 0.858. The highest BCUT2D eigenvalue weighted by Gasteiger charge is 2.18. The van der Waals surface area contributed by atoms with E-state index in [-0.39, 0.29) is 13.2 Å². The third-order valence-electron chi connectivity index (χ3n) is 2.74. The molecule has 1 aromatic carbocycles. The maximum atomic E-state index is 12.1. The molecule has 1 amide bonds. The van der Waals surface area contributed by atoms with Gasteiger partial charge in [-0.05, 0) is 25.1 Å². The maximum absolute atomic E-state index is 12.1. The van der Waals surface area contributed by atoms with Crippen molar-refractivity contribution in [2.45, 2.75) is 6.92 Å². The Morgan fingerprint density at radius 3 is 2.81 bits per heavy atom. The fourth-order valence-electron chi connectivity index (χ4n) is 1.76. The summed E-state index contributed by atoms with van der Waals surface area (Å²) in [4.78, 5) is 23.7. The summed E-state index contributed by atoms with van der Waals surface area (Å²) in [6.07, 6.45) is 0. The highest BCUT2D eigenvalue weighted by molar-refractivity contribution is 7.21. The lowest BCUT2D eigenvalue weighted by Crippen LogP contribution is -2.30. The lowest BCUT2D eigenvalue weighted by molar-refractivity contribution is -0.141. The monoisotopic (exact) mass is 327 g/mol. The first-order valence-corrected chi connectivity index (χ1v) is 7.46. The summed E-state index contributed by atoms with van der Waals surface area (Å²) in [6, 6.07) is 5.39. The van der Waals surface area contributed by atoms with E-state index in [1.807, 2.05) is 6.07 Å². The smallest absolute Gasteiger partial charge is 0.325 e. The number of carbonyl (C=O) groups is 2. The number of halogens is 1. The number of hydrogen-bond acceptors (Lipinski definition) is 5. The first-order chi connectivity index (χ1) is 10.1. The van der Waals surface area contributed by atoms with Gasteiger partial charge in [-0.25, -0.2) is 0 Å². The second-order valence-electron chi connectivity index (χ2n) is 4.09. The van der Waals surface area contributed by atoms with Gasteiger partial charge >= 0.3 is 5.97 Å². The number of hydrogen-bond donors (Lipinski definition) is 1. The highest BCUT2D eigenvalue weighted by atomic mass is 35.5. The van der Waals surface area contributed by atoms with Gasteiger partial charge in [0.25, 0.3) is 5.91 Å². The van der Waals surface area contributed by atoms with Gasteiger partial charge in [-0.1, -0.05) is 11.6 Å². The van der Waals surface area contributed by atoms with E-state index in [1.54, 1.807) is 26.2 Å². The number of rotatable bonds is 5. The van der Waals surface area contributed by atoms with Gasteiger partial charge in [-0.15, -0.1) is 11.3 Å². The predicted octanol–water partition coefficient (Wildman–Crippen LogP) is 2.86. The first kappa shape index (κ1) is 15.6. The Labute approximate surface area is 130 Å². The molecule has 0 saturated heterocycles. The minimum atomic E-state index is -0.482. The molecule has 0 bridgehead atoms. The molecule has 0 radical (unpaired) electrons. The van der Waals surface area contributed by atoms with Crippen LogP contribution in [-0.4, -0.2) is 32.1 Å². The lowest BCUT2D eigenvalue weighted by atomic mass is 10.2. The number of methoxy groups -OCH3 is 1. The van der Waals surface area contributed by atoms with Crippen molar-refractivity contribution in [1.82, 2.24) is 5.32 Å². The summed E-state index contributed by atoms with van der Waals surface area (Å²) in [6.45, 7) is 1.80. The normalized spacial score (nSPS) is 10.4. The van der Waals surface area contributed by atoms with Gasteiger partial charge in [0.2, 0.25) is 0 Å². The molecule has 21 heavy (non-hydrogen) atoms. The number of amides is 1. The van der Waals surface area contributed by atoms with E-state index in [4.69, 9.17) is 21.1 Å². The van der Waals surface area contributed by atoms with Crippen LogP contribution >= 0.6 is 22.9 Å². The van der Waals surface area contributed by atoms with Crippen LogP contribution < -0.4 is 10.1 Å². The molecule has 112 valence electrons. The Hall–Kier alpha value is -1.79. The Balaban J connectivity index is 2.19. The summed E-state index contributed by atoms with van der Waals surface area (Å²) in [5.74, 6) is -0.183. The van der Waals surface area contributed by atoms with Gasteiger partial charge in [0.15, 0.2) is 0 Å². The minimum absolute atomic E-state index is 0.180. The van der Waals surface area contributed by atoms with Crippen LogP contribution in [0.15, 0.2) is 18.2 Å². The molecule has 5 nitrogen and oxygen atoms in total. The molecular weight excluding hydrogens is 314 g/mol. The summed E-state index contributed by atoms with van der Waals surface area (Å²) < 4.78 is 10.7. The molecular formula is C14H14ClNO4S. The number of thiophene rings is 1. The predicted molar refractivity (Wildman–Crippen MR) is 82.4 cm³/mol. The number of nitrogens with one attached hydrogen (secondary N) is 1. The molecule has 0 fully saturated rings. The van der Waals surface area contributed by atoms with Gasteiger partial charge in [-0.3, -0.25) is 9.59 Å². The van der Waals surface area contributed by atoms with Gasteiger partial charge in [0, 0.05) is 10.1 Å². The van der Waals surface area contributed by atoms with Crippen molar-refractivity contribution in [2.24, 2.45) is 0 Å². The van der Waals surface area contributed by atoms with Crippen molar-refractivity contribution in [3.05, 3.63) is 28.1 Å². The van der Waals surface area contributed by atoms with E-state index in [9.17, 15) is 9.59 Å². The van der Waals surface area contributed by atoms with Crippen molar-refractivity contribution >= 4 is 44.9 Å². The Morgan fingerprint density at radius 1 is 1.38 bits per heavy atom. The summed E-state index contributed by atoms with van der Waals surface area (Å²) >= 11 is 7.47. The summed E-state index contributed by atoms with van der Waals surface area (Å²) in [5.41, 5.74) is 0. The van der Waals surface area contributed by atoms with Crippen LogP contribution in [0.5, 0.6) is 5.75 Å². The average Bonchev–Trinajstić information content (AvgIpc) is 2.81. The Kier molecular flexibility index (Phi) is 5.03. The number of carbonyl (C=O) groups excluding carboxylic acids is 2. The Bertz CT molecular complexity index is 683. The van der Waals surface area contributed by atoms with Crippen LogP contribution in [0.3, 0.4) is 0 Å². The zero-order valence-electron chi connectivity index (χ0n) is 11.6. The zero-order valence-corrected chi connectivity index (χ0v) is 13.1. The molecule has 2 rings (SSSR count). The van der Waals surface area contributed by atoms with Crippen LogP contribution in [0.2, 0.25) is 5.02 Å². The van der Waals surface area contributed by atoms with E-state index >= 15 is 0 Å². The maximum Gasteiger partial charge on any atom is 0.325 e. The van der Waals surface area contributed by atoms with Crippen LogP contribution in [0.4, 0.5) is 0 Å². The second kappa shape index (κ2) is 6.78. The minimum Gasteiger partial charge on any atom is -0.497 e. The molecule has 0 aliphatic carbocycles. The van der Waals surface area contributed by atoms with Gasteiger partial charge in [0.05, 0.1) is 18.7 Å². The molecule has 2 aromatic rings.